The zero-order valence-electron chi connectivity index (χ0n) is 13.3. The van der Waals surface area contributed by atoms with E-state index in [1.54, 1.807) is 11.0 Å². The maximum atomic E-state index is 12.9. The summed E-state index contributed by atoms with van der Waals surface area (Å²) in [5, 5.41) is 12.7. The third-order valence-corrected chi connectivity index (χ3v) is 5.19. The molecule has 1 saturated heterocycles. The smallest absolute Gasteiger partial charge is 0.326 e. The van der Waals surface area contributed by atoms with Gasteiger partial charge in [-0.15, -0.1) is 0 Å². The van der Waals surface area contributed by atoms with E-state index >= 15 is 0 Å². The highest BCUT2D eigenvalue weighted by atomic mass is 16.5. The molecule has 3 aliphatic rings. The number of anilines is 1. The molecule has 0 aromatic heterocycles. The monoisotopic (exact) mass is 328 g/mol. The van der Waals surface area contributed by atoms with Gasteiger partial charge in [0.1, 0.15) is 6.04 Å². The maximum Gasteiger partial charge on any atom is 0.326 e. The van der Waals surface area contributed by atoms with Crippen molar-refractivity contribution in [3.8, 4) is 0 Å². The minimum Gasteiger partial charge on any atom is -0.480 e. The van der Waals surface area contributed by atoms with Gasteiger partial charge in [-0.25, -0.2) is 4.79 Å². The van der Waals surface area contributed by atoms with Crippen LogP contribution in [0.1, 0.15) is 28.3 Å². The molecule has 0 radical (unpaired) electrons. The molecule has 0 unspecified atom stereocenters. The quantitative estimate of drug-likeness (QED) is 0.808. The van der Waals surface area contributed by atoms with E-state index in [9.17, 15) is 14.7 Å². The van der Waals surface area contributed by atoms with E-state index in [0.717, 1.165) is 12.0 Å². The molecule has 1 amide bonds. The fourth-order valence-corrected chi connectivity index (χ4v) is 3.98. The molecule has 2 N–H and O–H groups in total. The van der Waals surface area contributed by atoms with Crippen molar-refractivity contribution in [3.05, 3.63) is 41.5 Å². The topological polar surface area (TPSA) is 78.9 Å². The summed E-state index contributed by atoms with van der Waals surface area (Å²) in [6, 6.07) is 4.99. The number of amides is 1. The van der Waals surface area contributed by atoms with Crippen LogP contribution < -0.4 is 5.32 Å². The lowest BCUT2D eigenvalue weighted by Crippen LogP contribution is -2.44. The van der Waals surface area contributed by atoms with E-state index in [4.69, 9.17) is 4.74 Å². The van der Waals surface area contributed by atoms with Crippen LogP contribution in [0.3, 0.4) is 0 Å². The van der Waals surface area contributed by atoms with Gasteiger partial charge in [0.15, 0.2) is 0 Å². The number of hydrogen-bond donors (Lipinski definition) is 2. The SMILES string of the molecule is O=C(O)[C@H]1Nc2c(C(=O)N3CCOCC3)cccc2[C@H]2C=CC[C@H]12. The second-order valence-electron chi connectivity index (χ2n) is 6.49. The molecule has 4 rings (SSSR count). The number of fused-ring (bicyclic) bond motifs is 3. The van der Waals surface area contributed by atoms with Crippen molar-refractivity contribution in [1.82, 2.24) is 4.90 Å². The largest absolute Gasteiger partial charge is 0.480 e. The molecule has 6 heteroatoms. The van der Waals surface area contributed by atoms with E-state index in [-0.39, 0.29) is 17.7 Å². The summed E-state index contributed by atoms with van der Waals surface area (Å²) in [7, 11) is 0. The van der Waals surface area contributed by atoms with Crippen LogP contribution in [-0.2, 0) is 9.53 Å². The Morgan fingerprint density at radius 2 is 2.04 bits per heavy atom. The van der Waals surface area contributed by atoms with Gasteiger partial charge in [0.25, 0.3) is 5.91 Å². The Hall–Kier alpha value is -2.34. The Bertz CT molecular complexity index is 709. The van der Waals surface area contributed by atoms with E-state index < -0.39 is 12.0 Å². The number of para-hydroxylation sites is 1. The Morgan fingerprint density at radius 1 is 1.25 bits per heavy atom. The van der Waals surface area contributed by atoms with Crippen molar-refractivity contribution in [3.63, 3.8) is 0 Å². The number of allylic oxidation sites excluding steroid dienone is 2. The molecule has 1 fully saturated rings. The minimum atomic E-state index is -0.868. The number of nitrogens with one attached hydrogen (secondary N) is 1. The van der Waals surface area contributed by atoms with E-state index in [1.807, 2.05) is 18.2 Å². The molecule has 0 bridgehead atoms. The van der Waals surface area contributed by atoms with Gasteiger partial charge in [-0.05, 0) is 18.1 Å². The second-order valence-corrected chi connectivity index (χ2v) is 6.49. The van der Waals surface area contributed by atoms with E-state index in [0.29, 0.717) is 37.6 Å². The van der Waals surface area contributed by atoms with Crippen LogP contribution in [0.4, 0.5) is 5.69 Å². The number of aliphatic carboxylic acids is 1. The molecule has 6 nitrogen and oxygen atoms in total. The van der Waals surface area contributed by atoms with Crippen LogP contribution in [0, 0.1) is 5.92 Å². The van der Waals surface area contributed by atoms with E-state index in [2.05, 4.69) is 11.4 Å². The molecular weight excluding hydrogens is 308 g/mol. The van der Waals surface area contributed by atoms with Crippen molar-refractivity contribution in [2.75, 3.05) is 31.6 Å². The number of benzene rings is 1. The summed E-state index contributed by atoms with van der Waals surface area (Å²) in [4.78, 5) is 26.4. The summed E-state index contributed by atoms with van der Waals surface area (Å²) >= 11 is 0. The Morgan fingerprint density at radius 3 is 2.79 bits per heavy atom. The number of carbonyl (C=O) groups excluding carboxylic acids is 1. The third-order valence-electron chi connectivity index (χ3n) is 5.19. The van der Waals surface area contributed by atoms with Crippen LogP contribution in [0.5, 0.6) is 0 Å². The van der Waals surface area contributed by atoms with Crippen LogP contribution in [-0.4, -0.2) is 54.2 Å². The summed E-state index contributed by atoms with van der Waals surface area (Å²) in [5.74, 6) is -0.872. The molecule has 2 heterocycles. The average Bonchev–Trinajstić information content (AvgIpc) is 3.10. The summed E-state index contributed by atoms with van der Waals surface area (Å²) in [6.45, 7) is 2.21. The lowest BCUT2D eigenvalue weighted by atomic mass is 9.78. The Labute approximate surface area is 140 Å². The highest BCUT2D eigenvalue weighted by Crippen LogP contribution is 2.45. The van der Waals surface area contributed by atoms with Crippen molar-refractivity contribution in [1.29, 1.82) is 0 Å². The number of morpholine rings is 1. The van der Waals surface area contributed by atoms with Gasteiger partial charge in [0.05, 0.1) is 24.5 Å². The number of nitrogens with zero attached hydrogens (tertiary/aromatic N) is 1. The normalized spacial score (nSPS) is 28.0. The van der Waals surface area contributed by atoms with Crippen LogP contribution >= 0.6 is 0 Å². The molecule has 2 aliphatic heterocycles. The number of ether oxygens (including phenoxy) is 1. The summed E-state index contributed by atoms with van der Waals surface area (Å²) < 4.78 is 5.31. The fraction of sp³-hybridized carbons (Fsp3) is 0.444. The fourth-order valence-electron chi connectivity index (χ4n) is 3.98. The number of carboxylic acid groups (broad SMARTS) is 1. The molecule has 3 atom stereocenters. The number of hydrogen-bond acceptors (Lipinski definition) is 4. The first kappa shape index (κ1) is 15.2. The van der Waals surface area contributed by atoms with Crippen LogP contribution in [0.2, 0.25) is 0 Å². The Kier molecular flexibility index (Phi) is 3.76. The zero-order valence-corrected chi connectivity index (χ0v) is 13.3. The lowest BCUT2D eigenvalue weighted by molar-refractivity contribution is -0.139. The molecule has 24 heavy (non-hydrogen) atoms. The predicted octanol–water partition coefficient (Wildman–Crippen LogP) is 1.70. The maximum absolute atomic E-state index is 12.9. The van der Waals surface area contributed by atoms with Gasteiger partial charge in [-0.2, -0.15) is 0 Å². The highest BCUT2D eigenvalue weighted by Gasteiger charge is 2.42. The molecule has 1 aromatic carbocycles. The second kappa shape index (κ2) is 5.94. The van der Waals surface area contributed by atoms with Crippen molar-refractivity contribution < 1.29 is 19.4 Å². The van der Waals surface area contributed by atoms with Crippen LogP contribution in [0.15, 0.2) is 30.4 Å². The average molecular weight is 328 g/mol. The van der Waals surface area contributed by atoms with Gasteiger partial charge in [-0.3, -0.25) is 4.79 Å². The zero-order chi connectivity index (χ0) is 16.7. The van der Waals surface area contributed by atoms with Crippen LogP contribution in [0.25, 0.3) is 0 Å². The third kappa shape index (κ3) is 2.38. The van der Waals surface area contributed by atoms with Gasteiger partial charge in [0.2, 0.25) is 0 Å². The first-order valence-electron chi connectivity index (χ1n) is 8.33. The van der Waals surface area contributed by atoms with E-state index in [1.165, 1.54) is 0 Å². The van der Waals surface area contributed by atoms with Crippen molar-refractivity contribution >= 4 is 17.6 Å². The molecular formula is C18H20N2O4. The minimum absolute atomic E-state index is 0.00346. The van der Waals surface area contributed by atoms with Gasteiger partial charge < -0.3 is 20.1 Å². The highest BCUT2D eigenvalue weighted by molar-refractivity contribution is 6.01. The molecule has 1 aromatic rings. The Balaban J connectivity index is 1.73. The van der Waals surface area contributed by atoms with Crippen molar-refractivity contribution in [2.45, 2.75) is 18.4 Å². The standard InChI is InChI=1S/C18H20N2O4/c21-17(20-7-9-24-10-8-20)14-6-2-4-12-11-3-1-5-13(11)16(18(22)23)19-15(12)14/h1-4,6,11,13,16,19H,5,7-10H2,(H,22,23)/t11-,13+,16+/m1/s1. The number of carboxylic acids is 1. The molecule has 0 spiro atoms. The first-order valence-corrected chi connectivity index (χ1v) is 8.33. The molecule has 1 aliphatic carbocycles. The lowest BCUT2D eigenvalue weighted by Gasteiger charge is -2.36. The molecule has 0 saturated carbocycles. The summed E-state index contributed by atoms with van der Waals surface area (Å²) in [6.07, 6.45) is 4.86. The van der Waals surface area contributed by atoms with Gasteiger partial charge in [-0.1, -0.05) is 24.3 Å². The number of carbonyl (C=O) groups is 2. The number of rotatable bonds is 2. The van der Waals surface area contributed by atoms with Crippen molar-refractivity contribution in [2.24, 2.45) is 5.92 Å². The first-order chi connectivity index (χ1) is 11.7. The van der Waals surface area contributed by atoms with Gasteiger partial charge >= 0.3 is 5.97 Å². The van der Waals surface area contributed by atoms with Gasteiger partial charge in [0, 0.05) is 24.9 Å². The molecule has 126 valence electrons. The summed E-state index contributed by atoms with van der Waals surface area (Å²) in [5.41, 5.74) is 2.25. The predicted molar refractivity (Wildman–Crippen MR) is 88.2 cm³/mol.